The number of hydrogen-bond acceptors (Lipinski definition) is 3. The highest BCUT2D eigenvalue weighted by Gasteiger charge is 2.07. The monoisotopic (exact) mass is 350 g/mol. The molecule has 20 heavy (non-hydrogen) atoms. The second kappa shape index (κ2) is 5.50. The molecule has 0 atom stereocenters. The van der Waals surface area contributed by atoms with Crippen LogP contribution in [0.4, 0.5) is 10.1 Å². The van der Waals surface area contributed by atoms with Crippen molar-refractivity contribution in [2.24, 2.45) is 0 Å². The average Bonchev–Trinajstić information content (AvgIpc) is 2.84. The summed E-state index contributed by atoms with van der Waals surface area (Å²) in [5.41, 5.74) is 2.82. The van der Waals surface area contributed by atoms with Crippen LogP contribution in [0.25, 0.3) is 10.2 Å². The Bertz CT molecular complexity index is 737. The van der Waals surface area contributed by atoms with E-state index in [1.54, 1.807) is 17.4 Å². The fourth-order valence-electron chi connectivity index (χ4n) is 2.00. The summed E-state index contributed by atoms with van der Waals surface area (Å²) in [7, 11) is 0. The first-order chi connectivity index (χ1) is 9.63. The maximum Gasteiger partial charge on any atom is 0.137 e. The van der Waals surface area contributed by atoms with Crippen LogP contribution < -0.4 is 5.32 Å². The molecule has 2 aromatic carbocycles. The van der Waals surface area contributed by atoms with Crippen LogP contribution in [0.1, 0.15) is 10.6 Å². The molecular weight excluding hydrogens is 339 g/mol. The second-order valence-corrected chi connectivity index (χ2v) is 6.48. The Morgan fingerprint density at radius 1 is 1.30 bits per heavy atom. The average molecular weight is 351 g/mol. The molecule has 0 spiro atoms. The van der Waals surface area contributed by atoms with E-state index in [9.17, 15) is 4.39 Å². The fraction of sp³-hybridized carbons (Fsp3) is 0.133. The summed E-state index contributed by atoms with van der Waals surface area (Å²) >= 11 is 4.88. The molecule has 0 bridgehead atoms. The molecule has 0 aliphatic carbocycles. The lowest BCUT2D eigenvalue weighted by Crippen LogP contribution is -2.01. The van der Waals surface area contributed by atoms with Gasteiger partial charge in [-0.25, -0.2) is 9.37 Å². The first kappa shape index (κ1) is 13.5. The highest BCUT2D eigenvalue weighted by Crippen LogP contribution is 2.26. The Labute approximate surface area is 128 Å². The molecule has 3 aromatic rings. The number of fused-ring (bicyclic) bond motifs is 1. The molecule has 0 aliphatic heterocycles. The summed E-state index contributed by atoms with van der Waals surface area (Å²) in [6.45, 7) is 2.52. The zero-order chi connectivity index (χ0) is 14.1. The normalized spacial score (nSPS) is 10.9. The number of para-hydroxylation sites is 1. The van der Waals surface area contributed by atoms with E-state index in [2.05, 4.69) is 32.3 Å². The molecule has 1 N–H and O–H groups in total. The minimum Gasteiger partial charge on any atom is -0.378 e. The van der Waals surface area contributed by atoms with Crippen LogP contribution in [0, 0.1) is 12.7 Å². The number of halogens is 2. The van der Waals surface area contributed by atoms with Gasteiger partial charge < -0.3 is 5.32 Å². The van der Waals surface area contributed by atoms with E-state index in [4.69, 9.17) is 0 Å². The third kappa shape index (κ3) is 2.69. The zero-order valence-electron chi connectivity index (χ0n) is 10.8. The van der Waals surface area contributed by atoms with E-state index < -0.39 is 0 Å². The van der Waals surface area contributed by atoms with Gasteiger partial charge in [0.1, 0.15) is 10.8 Å². The number of aromatic nitrogens is 1. The predicted octanol–water partition coefficient (Wildman–Crippen LogP) is 5.12. The molecular formula is C15H12BrFN2S. The van der Waals surface area contributed by atoms with Crippen molar-refractivity contribution in [2.45, 2.75) is 13.5 Å². The molecule has 5 heteroatoms. The number of nitrogens with one attached hydrogen (secondary N) is 1. The molecule has 0 aliphatic rings. The van der Waals surface area contributed by atoms with Crippen LogP contribution in [-0.2, 0) is 6.54 Å². The van der Waals surface area contributed by atoms with Gasteiger partial charge in [-0.05, 0) is 52.7 Å². The summed E-state index contributed by atoms with van der Waals surface area (Å²) in [5.74, 6) is -0.243. The van der Waals surface area contributed by atoms with E-state index in [1.165, 1.54) is 10.8 Å². The van der Waals surface area contributed by atoms with E-state index in [-0.39, 0.29) is 5.82 Å². The van der Waals surface area contributed by atoms with Crippen molar-refractivity contribution in [1.82, 2.24) is 4.98 Å². The highest BCUT2D eigenvalue weighted by atomic mass is 79.9. The van der Waals surface area contributed by atoms with E-state index in [0.717, 1.165) is 21.8 Å². The van der Waals surface area contributed by atoms with Crippen molar-refractivity contribution in [1.29, 1.82) is 0 Å². The minimum absolute atomic E-state index is 0.243. The van der Waals surface area contributed by atoms with Crippen LogP contribution in [0.15, 0.2) is 40.9 Å². The Hall–Kier alpha value is -1.46. The van der Waals surface area contributed by atoms with E-state index in [1.807, 2.05) is 25.1 Å². The van der Waals surface area contributed by atoms with E-state index in [0.29, 0.717) is 11.0 Å². The number of nitrogens with zero attached hydrogens (tertiary/aromatic N) is 1. The van der Waals surface area contributed by atoms with Crippen LogP contribution in [0.5, 0.6) is 0 Å². The van der Waals surface area contributed by atoms with Crippen LogP contribution in [0.3, 0.4) is 0 Å². The first-order valence-corrected chi connectivity index (χ1v) is 7.78. The van der Waals surface area contributed by atoms with Crippen molar-refractivity contribution >= 4 is 43.2 Å². The van der Waals surface area contributed by atoms with Gasteiger partial charge in [0.15, 0.2) is 0 Å². The van der Waals surface area contributed by atoms with Crippen molar-refractivity contribution in [3.63, 3.8) is 0 Å². The summed E-state index contributed by atoms with van der Waals surface area (Å²) in [5, 5.41) is 4.33. The van der Waals surface area contributed by atoms with E-state index >= 15 is 0 Å². The smallest absolute Gasteiger partial charge is 0.137 e. The Morgan fingerprint density at radius 3 is 2.90 bits per heavy atom. The molecule has 3 rings (SSSR count). The standard InChI is InChI=1S/C15H12BrFN2S/c1-9-6-11(17)10(16)7-13(9)18-8-15-19-12-4-2-3-5-14(12)20-15/h2-7,18H,8H2,1H3. The topological polar surface area (TPSA) is 24.9 Å². The minimum atomic E-state index is -0.243. The third-order valence-corrected chi connectivity index (χ3v) is 4.68. The van der Waals surface area contributed by atoms with Gasteiger partial charge in [-0.15, -0.1) is 11.3 Å². The molecule has 0 unspecified atom stereocenters. The number of thiazole rings is 1. The molecule has 0 amide bonds. The number of aryl methyl sites for hydroxylation is 1. The van der Waals surface area contributed by atoms with Gasteiger partial charge >= 0.3 is 0 Å². The summed E-state index contributed by atoms with van der Waals surface area (Å²) in [4.78, 5) is 4.57. The van der Waals surface area contributed by atoms with Crippen LogP contribution in [0.2, 0.25) is 0 Å². The Morgan fingerprint density at radius 2 is 2.10 bits per heavy atom. The molecule has 0 fully saturated rings. The number of rotatable bonds is 3. The van der Waals surface area contributed by atoms with Gasteiger partial charge in [-0.3, -0.25) is 0 Å². The summed E-state index contributed by atoms with van der Waals surface area (Å²) in [6.07, 6.45) is 0. The molecule has 102 valence electrons. The molecule has 1 heterocycles. The van der Waals surface area contributed by atoms with Gasteiger partial charge in [0.05, 0.1) is 21.2 Å². The van der Waals surface area contributed by atoms with Crippen LogP contribution in [-0.4, -0.2) is 4.98 Å². The predicted molar refractivity (Wildman–Crippen MR) is 85.8 cm³/mol. The van der Waals surface area contributed by atoms with Gasteiger partial charge in [0.25, 0.3) is 0 Å². The molecule has 2 nitrogen and oxygen atoms in total. The summed E-state index contributed by atoms with van der Waals surface area (Å²) < 4.78 is 15.0. The largest absolute Gasteiger partial charge is 0.378 e. The maximum atomic E-state index is 13.4. The SMILES string of the molecule is Cc1cc(F)c(Br)cc1NCc1nc2ccccc2s1. The lowest BCUT2D eigenvalue weighted by Gasteiger charge is -2.09. The second-order valence-electron chi connectivity index (χ2n) is 4.51. The Balaban J connectivity index is 1.81. The number of anilines is 1. The molecule has 1 aromatic heterocycles. The molecule has 0 radical (unpaired) electrons. The third-order valence-electron chi connectivity index (χ3n) is 3.04. The lowest BCUT2D eigenvalue weighted by atomic mass is 10.2. The summed E-state index contributed by atoms with van der Waals surface area (Å²) in [6, 6.07) is 11.4. The fourth-order valence-corrected chi connectivity index (χ4v) is 3.25. The number of hydrogen-bond donors (Lipinski definition) is 1. The highest BCUT2D eigenvalue weighted by molar-refractivity contribution is 9.10. The van der Waals surface area contributed by atoms with Crippen molar-refractivity contribution < 1.29 is 4.39 Å². The lowest BCUT2D eigenvalue weighted by molar-refractivity contribution is 0.620. The van der Waals surface area contributed by atoms with Crippen molar-refractivity contribution in [3.8, 4) is 0 Å². The quantitative estimate of drug-likeness (QED) is 0.709. The van der Waals surface area contributed by atoms with Crippen molar-refractivity contribution in [3.05, 3.63) is 57.3 Å². The molecule has 0 saturated heterocycles. The zero-order valence-corrected chi connectivity index (χ0v) is 13.2. The maximum absolute atomic E-state index is 13.4. The van der Waals surface area contributed by atoms with Crippen molar-refractivity contribution in [2.75, 3.05) is 5.32 Å². The van der Waals surface area contributed by atoms with Gasteiger partial charge in [0.2, 0.25) is 0 Å². The Kier molecular flexibility index (Phi) is 3.72. The van der Waals surface area contributed by atoms with Gasteiger partial charge in [-0.1, -0.05) is 12.1 Å². The van der Waals surface area contributed by atoms with Gasteiger partial charge in [0, 0.05) is 5.69 Å². The van der Waals surface area contributed by atoms with Crippen LogP contribution >= 0.6 is 27.3 Å². The number of benzene rings is 2. The van der Waals surface area contributed by atoms with Gasteiger partial charge in [-0.2, -0.15) is 0 Å². The molecule has 0 saturated carbocycles. The first-order valence-electron chi connectivity index (χ1n) is 6.17.